The Morgan fingerprint density at radius 2 is 1.53 bits per heavy atom. The fourth-order valence-corrected chi connectivity index (χ4v) is 6.84. The number of methoxy groups -OCH3 is 1. The second-order valence-electron chi connectivity index (χ2n) is 13.0. The van der Waals surface area contributed by atoms with Crippen molar-refractivity contribution in [2.45, 2.75) is 57.5 Å². The quantitative estimate of drug-likeness (QED) is 0.0962. The van der Waals surface area contributed by atoms with Gasteiger partial charge in [0.1, 0.15) is 5.56 Å². The first kappa shape index (κ1) is 36.6. The van der Waals surface area contributed by atoms with Gasteiger partial charge < -0.3 is 24.6 Å². The summed E-state index contributed by atoms with van der Waals surface area (Å²) < 4.78 is 87.7. The molecule has 12 heteroatoms. The fraction of sp³-hybridized carbons (Fsp3) is 0.359. The first-order valence-electron chi connectivity index (χ1n) is 16.8. The van der Waals surface area contributed by atoms with Crippen molar-refractivity contribution in [2.24, 2.45) is 5.92 Å². The first-order valence-corrected chi connectivity index (χ1v) is 16.8. The zero-order chi connectivity index (χ0) is 36.2. The molecule has 270 valence electrons. The van der Waals surface area contributed by atoms with E-state index in [9.17, 15) is 31.9 Å². The SMILES string of the molecule is COC[C@@H]1CCCN1C[C@H]1O[C@@H](c2ccc(-c3cccc(CNC(=O)c4c(F)c(F)c(F)c(F)c4F)c3)cc2)O[C@@H](c2ccc(CO)cc2)[C@H]1C. The smallest absolute Gasteiger partial charge is 0.257 e. The number of carbonyl (C=O) groups is 1. The Morgan fingerprint density at radius 3 is 2.20 bits per heavy atom. The maximum atomic E-state index is 14.1. The molecule has 51 heavy (non-hydrogen) atoms. The van der Waals surface area contributed by atoms with Gasteiger partial charge in [-0.05, 0) is 53.3 Å². The summed E-state index contributed by atoms with van der Waals surface area (Å²) in [6.07, 6.45) is 1.11. The number of aliphatic hydroxyl groups excluding tert-OH is 1. The van der Waals surface area contributed by atoms with Gasteiger partial charge in [0.15, 0.2) is 29.6 Å². The molecule has 2 saturated heterocycles. The van der Waals surface area contributed by atoms with Crippen LogP contribution in [0.2, 0.25) is 0 Å². The Morgan fingerprint density at radius 1 is 0.863 bits per heavy atom. The molecule has 0 spiro atoms. The van der Waals surface area contributed by atoms with Crippen molar-refractivity contribution in [1.82, 2.24) is 10.2 Å². The normalized spacial score (nSPS) is 22.3. The summed E-state index contributed by atoms with van der Waals surface area (Å²) in [4.78, 5) is 14.9. The number of hydrogen-bond donors (Lipinski definition) is 2. The Balaban J connectivity index is 1.18. The molecule has 0 radical (unpaired) electrons. The van der Waals surface area contributed by atoms with Crippen LogP contribution >= 0.6 is 0 Å². The summed E-state index contributed by atoms with van der Waals surface area (Å²) in [7, 11) is 1.72. The van der Waals surface area contributed by atoms with Crippen LogP contribution < -0.4 is 5.32 Å². The van der Waals surface area contributed by atoms with Crippen molar-refractivity contribution < 1.29 is 46.1 Å². The van der Waals surface area contributed by atoms with E-state index in [4.69, 9.17) is 14.2 Å². The van der Waals surface area contributed by atoms with Crippen LogP contribution in [0, 0.1) is 35.0 Å². The molecule has 6 rings (SSSR count). The molecule has 1 amide bonds. The lowest BCUT2D eigenvalue weighted by Gasteiger charge is -2.43. The molecule has 0 aromatic heterocycles. The monoisotopic (exact) mass is 710 g/mol. The zero-order valence-electron chi connectivity index (χ0n) is 28.2. The van der Waals surface area contributed by atoms with E-state index >= 15 is 0 Å². The van der Waals surface area contributed by atoms with E-state index in [0.29, 0.717) is 18.2 Å². The molecule has 2 aliphatic heterocycles. The van der Waals surface area contributed by atoms with Crippen molar-refractivity contribution in [3.63, 3.8) is 0 Å². The molecular weight excluding hydrogens is 671 g/mol. The third kappa shape index (κ3) is 7.85. The highest BCUT2D eigenvalue weighted by Crippen LogP contribution is 2.42. The van der Waals surface area contributed by atoms with Crippen molar-refractivity contribution in [2.75, 3.05) is 26.8 Å². The van der Waals surface area contributed by atoms with Gasteiger partial charge in [-0.15, -0.1) is 0 Å². The number of nitrogens with one attached hydrogen (secondary N) is 1. The maximum absolute atomic E-state index is 14.1. The molecule has 4 aromatic rings. The van der Waals surface area contributed by atoms with Crippen LogP contribution in [0.5, 0.6) is 0 Å². The number of ether oxygens (including phenoxy) is 3. The molecule has 0 unspecified atom stereocenters. The number of hydrogen-bond acceptors (Lipinski definition) is 6. The highest BCUT2D eigenvalue weighted by Gasteiger charge is 2.40. The summed E-state index contributed by atoms with van der Waals surface area (Å²) in [5, 5.41) is 11.8. The van der Waals surface area contributed by atoms with E-state index < -0.39 is 46.8 Å². The number of nitrogens with zero attached hydrogens (tertiary/aromatic N) is 1. The third-order valence-electron chi connectivity index (χ3n) is 9.73. The number of carbonyl (C=O) groups excluding carboxylic acids is 1. The standard InChI is InChI=1S/C39H39F5N2O5/c1-22-30(19-46-16-4-7-29(46)21-49-2)50-39(51-37(22)26-10-8-23(20-47)9-11-26)27-14-12-25(13-15-27)28-6-3-5-24(17-28)18-45-38(48)31-32(40)34(42)36(44)35(43)33(31)41/h3,5-6,8-15,17,22,29-30,37,39,47H,4,7,16,18-21H2,1-2H3,(H,45,48)/t22-,29-,30+,37+,39+/m0/s1. The molecule has 0 bridgehead atoms. The second-order valence-corrected chi connectivity index (χ2v) is 13.0. The van der Waals surface area contributed by atoms with Gasteiger partial charge in [0.05, 0.1) is 25.4 Å². The zero-order valence-corrected chi connectivity index (χ0v) is 28.2. The summed E-state index contributed by atoms with van der Waals surface area (Å²) >= 11 is 0. The molecule has 2 heterocycles. The largest absolute Gasteiger partial charge is 0.392 e. The van der Waals surface area contributed by atoms with Gasteiger partial charge in [-0.25, -0.2) is 22.0 Å². The molecule has 2 fully saturated rings. The van der Waals surface area contributed by atoms with Gasteiger partial charge in [0.25, 0.3) is 5.91 Å². The molecule has 2 N–H and O–H groups in total. The van der Waals surface area contributed by atoms with Crippen LogP contribution in [0.1, 0.15) is 64.8 Å². The average Bonchev–Trinajstić information content (AvgIpc) is 3.59. The molecule has 4 aromatic carbocycles. The number of rotatable bonds is 11. The van der Waals surface area contributed by atoms with E-state index in [1.54, 1.807) is 25.3 Å². The molecule has 2 aliphatic rings. The van der Waals surface area contributed by atoms with Gasteiger partial charge >= 0.3 is 0 Å². The maximum Gasteiger partial charge on any atom is 0.257 e. The van der Waals surface area contributed by atoms with Gasteiger partial charge in [-0.2, -0.15) is 0 Å². The average molecular weight is 711 g/mol. The summed E-state index contributed by atoms with van der Waals surface area (Å²) in [5.74, 6) is -12.5. The Labute approximate surface area is 292 Å². The van der Waals surface area contributed by atoms with Crippen molar-refractivity contribution in [1.29, 1.82) is 0 Å². The number of amides is 1. The Bertz CT molecular complexity index is 1810. The van der Waals surface area contributed by atoms with Crippen LogP contribution in [-0.4, -0.2) is 54.9 Å². The molecule has 5 atom stereocenters. The van der Waals surface area contributed by atoms with Crippen molar-refractivity contribution >= 4 is 5.91 Å². The van der Waals surface area contributed by atoms with Gasteiger partial charge in [-0.1, -0.05) is 73.7 Å². The minimum Gasteiger partial charge on any atom is -0.392 e. The van der Waals surface area contributed by atoms with E-state index in [0.717, 1.165) is 53.7 Å². The predicted octanol–water partition coefficient (Wildman–Crippen LogP) is 7.37. The molecule has 0 saturated carbocycles. The minimum atomic E-state index is -2.33. The number of halogens is 5. The summed E-state index contributed by atoms with van der Waals surface area (Å²) in [6.45, 7) is 4.22. The highest BCUT2D eigenvalue weighted by molar-refractivity contribution is 5.94. The van der Waals surface area contributed by atoms with E-state index in [-0.39, 0.29) is 31.3 Å². The van der Waals surface area contributed by atoms with Crippen molar-refractivity contribution in [3.8, 4) is 11.1 Å². The Kier molecular flexibility index (Phi) is 11.5. The van der Waals surface area contributed by atoms with Gasteiger partial charge in [0, 0.05) is 37.7 Å². The lowest BCUT2D eigenvalue weighted by atomic mass is 9.89. The fourth-order valence-electron chi connectivity index (χ4n) is 6.84. The van der Waals surface area contributed by atoms with Gasteiger partial charge in [0.2, 0.25) is 5.82 Å². The van der Waals surface area contributed by atoms with Crippen LogP contribution in [0.25, 0.3) is 11.1 Å². The van der Waals surface area contributed by atoms with E-state index in [1.165, 1.54) is 0 Å². The predicted molar refractivity (Wildman–Crippen MR) is 179 cm³/mol. The van der Waals surface area contributed by atoms with Crippen LogP contribution in [-0.2, 0) is 27.4 Å². The molecular formula is C39H39F5N2O5. The number of likely N-dealkylation sites (tertiary alicyclic amines) is 1. The van der Waals surface area contributed by atoms with E-state index in [2.05, 4.69) is 17.1 Å². The van der Waals surface area contributed by atoms with Crippen molar-refractivity contribution in [3.05, 3.63) is 130 Å². The first-order chi connectivity index (χ1) is 24.6. The lowest BCUT2D eigenvalue weighted by Crippen LogP contribution is -2.46. The van der Waals surface area contributed by atoms with Crippen LogP contribution in [0.4, 0.5) is 22.0 Å². The molecule has 0 aliphatic carbocycles. The van der Waals surface area contributed by atoms with E-state index in [1.807, 2.05) is 54.6 Å². The lowest BCUT2D eigenvalue weighted by molar-refractivity contribution is -0.276. The summed E-state index contributed by atoms with van der Waals surface area (Å²) in [6, 6.07) is 22.7. The molecule has 7 nitrogen and oxygen atoms in total. The van der Waals surface area contributed by atoms with Crippen LogP contribution in [0.3, 0.4) is 0 Å². The van der Waals surface area contributed by atoms with Gasteiger partial charge in [-0.3, -0.25) is 9.69 Å². The second kappa shape index (κ2) is 16.0. The Hall–Kier alpha value is -4.20. The highest BCUT2D eigenvalue weighted by atomic mass is 19.2. The minimum absolute atomic E-state index is 0.0293. The topological polar surface area (TPSA) is 80.3 Å². The number of aliphatic hydroxyl groups is 1. The third-order valence-corrected chi connectivity index (χ3v) is 9.73. The number of benzene rings is 4. The van der Waals surface area contributed by atoms with Crippen LogP contribution in [0.15, 0.2) is 72.8 Å². The summed E-state index contributed by atoms with van der Waals surface area (Å²) in [5.41, 5.74) is 3.20.